The third kappa shape index (κ3) is 3.79. The van der Waals surface area contributed by atoms with Crippen LogP contribution in [0.3, 0.4) is 0 Å². The zero-order valence-corrected chi connectivity index (χ0v) is 12.3. The van der Waals surface area contributed by atoms with Crippen molar-refractivity contribution in [3.8, 4) is 5.75 Å². The first-order chi connectivity index (χ1) is 9.35. The third-order valence-corrected chi connectivity index (χ3v) is 3.14. The van der Waals surface area contributed by atoms with Gasteiger partial charge >= 0.3 is 6.08 Å². The Labute approximate surface area is 119 Å². The van der Waals surface area contributed by atoms with Gasteiger partial charge in [0.15, 0.2) is 13.1 Å². The molecule has 1 saturated heterocycles. The second-order valence-corrected chi connectivity index (χ2v) is 5.99. The predicted molar refractivity (Wildman–Crippen MR) is 78.8 cm³/mol. The molecule has 110 valence electrons. The summed E-state index contributed by atoms with van der Waals surface area (Å²) in [5, 5.41) is 19.5. The number of aliphatic hydroxyl groups excluding tert-OH is 1. The predicted octanol–water partition coefficient (Wildman–Crippen LogP) is 1.95. The van der Waals surface area contributed by atoms with E-state index in [4.69, 9.17) is 4.74 Å². The van der Waals surface area contributed by atoms with Crippen LogP contribution in [0.25, 0.3) is 0 Å². The van der Waals surface area contributed by atoms with E-state index in [9.17, 15) is 10.2 Å². The van der Waals surface area contributed by atoms with Crippen molar-refractivity contribution in [2.45, 2.75) is 26.4 Å². The minimum Gasteiger partial charge on any atom is -0.508 e. The fourth-order valence-electron chi connectivity index (χ4n) is 2.18. The SMILES string of the molecule is CC(C)(C)OC(O)=[N+]1CCN(c2cccc(O)c2)CC1. The van der Waals surface area contributed by atoms with E-state index in [1.54, 1.807) is 12.1 Å². The summed E-state index contributed by atoms with van der Waals surface area (Å²) in [5.74, 6) is 0.274. The molecule has 1 aliphatic heterocycles. The van der Waals surface area contributed by atoms with Gasteiger partial charge in [-0.2, -0.15) is 4.58 Å². The molecule has 2 rings (SSSR count). The molecule has 0 atom stereocenters. The van der Waals surface area contributed by atoms with Crippen LogP contribution < -0.4 is 4.90 Å². The average Bonchev–Trinajstić information content (AvgIpc) is 2.37. The largest absolute Gasteiger partial charge is 0.547 e. The Morgan fingerprint density at radius 1 is 1.25 bits per heavy atom. The van der Waals surface area contributed by atoms with Crippen molar-refractivity contribution in [3.05, 3.63) is 24.3 Å². The highest BCUT2D eigenvalue weighted by Gasteiger charge is 2.27. The van der Waals surface area contributed by atoms with Crippen molar-refractivity contribution in [2.75, 3.05) is 31.1 Å². The smallest absolute Gasteiger partial charge is 0.508 e. The highest BCUT2D eigenvalue weighted by atomic mass is 16.6. The number of phenolic OH excluding ortho intramolecular Hbond substituents is 1. The molecule has 2 N–H and O–H groups in total. The number of nitrogens with zero attached hydrogens (tertiary/aromatic N) is 2. The van der Waals surface area contributed by atoms with Crippen LogP contribution in [0.5, 0.6) is 5.75 Å². The molecule has 5 heteroatoms. The molecule has 5 nitrogen and oxygen atoms in total. The number of hydrogen-bond donors (Lipinski definition) is 2. The van der Waals surface area contributed by atoms with E-state index in [1.807, 2.05) is 37.5 Å². The number of ether oxygens (including phenoxy) is 1. The number of aromatic hydroxyl groups is 1. The summed E-state index contributed by atoms with van der Waals surface area (Å²) >= 11 is 0. The van der Waals surface area contributed by atoms with Gasteiger partial charge < -0.3 is 19.8 Å². The highest BCUT2D eigenvalue weighted by molar-refractivity contribution is 5.59. The van der Waals surface area contributed by atoms with Crippen LogP contribution in [0.2, 0.25) is 0 Å². The maximum Gasteiger partial charge on any atom is 0.547 e. The molecule has 1 aromatic carbocycles. The Hall–Kier alpha value is -1.91. The molecule has 0 saturated carbocycles. The van der Waals surface area contributed by atoms with E-state index in [-0.39, 0.29) is 11.8 Å². The first-order valence-corrected chi connectivity index (χ1v) is 6.89. The zero-order valence-electron chi connectivity index (χ0n) is 12.3. The number of hydrogen-bond acceptors (Lipinski definition) is 3. The summed E-state index contributed by atoms with van der Waals surface area (Å²) in [6, 6.07) is 7.23. The second-order valence-electron chi connectivity index (χ2n) is 5.99. The minimum atomic E-state index is -0.396. The van der Waals surface area contributed by atoms with Gasteiger partial charge in [0.2, 0.25) is 0 Å². The third-order valence-electron chi connectivity index (χ3n) is 3.14. The Kier molecular flexibility index (Phi) is 4.06. The lowest BCUT2D eigenvalue weighted by molar-refractivity contribution is -0.548. The Balaban J connectivity index is 2.00. The molecule has 0 aromatic heterocycles. The van der Waals surface area contributed by atoms with Gasteiger partial charge in [-0.05, 0) is 32.9 Å². The lowest BCUT2D eigenvalue weighted by Gasteiger charge is -2.27. The van der Waals surface area contributed by atoms with Crippen molar-refractivity contribution < 1.29 is 19.5 Å². The molecule has 0 spiro atoms. The molecule has 0 bridgehead atoms. The second kappa shape index (κ2) is 5.61. The van der Waals surface area contributed by atoms with Crippen molar-refractivity contribution in [3.63, 3.8) is 0 Å². The Morgan fingerprint density at radius 2 is 1.90 bits per heavy atom. The van der Waals surface area contributed by atoms with Crippen LogP contribution in [0.1, 0.15) is 20.8 Å². The normalized spacial score (nSPS) is 16.1. The molecule has 1 aromatic rings. The first-order valence-electron chi connectivity index (χ1n) is 6.89. The van der Waals surface area contributed by atoms with Crippen molar-refractivity contribution in [2.24, 2.45) is 0 Å². The lowest BCUT2D eigenvalue weighted by atomic mass is 10.2. The summed E-state index contributed by atoms with van der Waals surface area (Å²) in [6.07, 6.45) is -0.00643. The van der Waals surface area contributed by atoms with Gasteiger partial charge in [0.1, 0.15) is 11.4 Å². The number of piperazine rings is 1. The number of aliphatic hydroxyl groups is 1. The molecule has 1 aliphatic rings. The van der Waals surface area contributed by atoms with E-state index in [1.165, 1.54) is 0 Å². The van der Waals surface area contributed by atoms with Crippen LogP contribution in [-0.4, -0.2) is 52.7 Å². The average molecular weight is 279 g/mol. The van der Waals surface area contributed by atoms with E-state index >= 15 is 0 Å². The number of benzene rings is 1. The molecule has 20 heavy (non-hydrogen) atoms. The molecular weight excluding hydrogens is 256 g/mol. The first kappa shape index (κ1) is 14.5. The standard InChI is InChI=1S/C15H22N2O3/c1-15(2,3)20-14(19)17-9-7-16(8-10-17)12-5-4-6-13(18)11-12/h4-6,11,18H,7-10H2,1-3H3/p+1. The molecule has 0 radical (unpaired) electrons. The molecule has 1 fully saturated rings. The van der Waals surface area contributed by atoms with Crippen LogP contribution >= 0.6 is 0 Å². The van der Waals surface area contributed by atoms with Gasteiger partial charge in [-0.1, -0.05) is 6.07 Å². The zero-order chi connectivity index (χ0) is 14.8. The minimum absolute atomic E-state index is 0.00643. The molecule has 0 amide bonds. The van der Waals surface area contributed by atoms with Gasteiger partial charge in [0.05, 0.1) is 13.1 Å². The van der Waals surface area contributed by atoms with Crippen molar-refractivity contribution in [1.29, 1.82) is 0 Å². The Morgan fingerprint density at radius 3 is 2.45 bits per heavy atom. The van der Waals surface area contributed by atoms with Gasteiger partial charge in [-0.15, -0.1) is 0 Å². The topological polar surface area (TPSA) is 55.9 Å². The number of anilines is 1. The fraction of sp³-hybridized carbons (Fsp3) is 0.533. The van der Waals surface area contributed by atoms with Crippen LogP contribution in [0.4, 0.5) is 5.69 Å². The Bertz CT molecular complexity index is 496. The van der Waals surface area contributed by atoms with Gasteiger partial charge in [-0.3, -0.25) is 0 Å². The van der Waals surface area contributed by atoms with Crippen molar-refractivity contribution >= 4 is 11.8 Å². The summed E-state index contributed by atoms with van der Waals surface area (Å²) in [7, 11) is 0. The molecular formula is C15H23N2O3+. The monoisotopic (exact) mass is 279 g/mol. The maximum atomic E-state index is 9.97. The van der Waals surface area contributed by atoms with Gasteiger partial charge in [-0.25, -0.2) is 0 Å². The number of phenols is 1. The summed E-state index contributed by atoms with van der Waals surface area (Å²) in [4.78, 5) is 2.18. The van der Waals surface area contributed by atoms with E-state index < -0.39 is 5.60 Å². The fourth-order valence-corrected chi connectivity index (χ4v) is 2.18. The molecule has 0 aliphatic carbocycles. The van der Waals surface area contributed by atoms with Crippen molar-refractivity contribution in [1.82, 2.24) is 0 Å². The summed E-state index contributed by atoms with van der Waals surface area (Å²) in [5.41, 5.74) is 0.604. The maximum absolute atomic E-state index is 9.97. The molecule has 1 heterocycles. The van der Waals surface area contributed by atoms with Crippen LogP contribution in [0, 0.1) is 0 Å². The summed E-state index contributed by atoms with van der Waals surface area (Å²) in [6.45, 7) is 8.67. The summed E-state index contributed by atoms with van der Waals surface area (Å²) < 4.78 is 7.31. The van der Waals surface area contributed by atoms with E-state index in [0.717, 1.165) is 18.8 Å². The number of rotatable bonds is 1. The highest BCUT2D eigenvalue weighted by Crippen LogP contribution is 2.20. The van der Waals surface area contributed by atoms with E-state index in [2.05, 4.69) is 4.90 Å². The van der Waals surface area contributed by atoms with Crippen LogP contribution in [0.15, 0.2) is 24.3 Å². The van der Waals surface area contributed by atoms with Gasteiger partial charge in [0, 0.05) is 11.8 Å². The molecule has 0 unspecified atom stereocenters. The van der Waals surface area contributed by atoms with Crippen LogP contribution in [-0.2, 0) is 4.74 Å². The quantitative estimate of drug-likeness (QED) is 0.609. The van der Waals surface area contributed by atoms with E-state index in [0.29, 0.717) is 13.1 Å². The van der Waals surface area contributed by atoms with Gasteiger partial charge in [0.25, 0.3) is 0 Å². The lowest BCUT2D eigenvalue weighted by Crippen LogP contribution is -2.45.